The van der Waals surface area contributed by atoms with Crippen molar-refractivity contribution in [2.24, 2.45) is 0 Å². The van der Waals surface area contributed by atoms with Crippen LogP contribution in [-0.2, 0) is 4.79 Å². The van der Waals surface area contributed by atoms with Crippen LogP contribution >= 0.6 is 23.2 Å². The summed E-state index contributed by atoms with van der Waals surface area (Å²) in [5.74, 6) is -0.445. The molecule has 1 N–H and O–H groups in total. The van der Waals surface area contributed by atoms with Crippen molar-refractivity contribution in [1.82, 2.24) is 10.2 Å². The number of para-hydroxylation sites is 1. The van der Waals surface area contributed by atoms with E-state index in [1.807, 2.05) is 30.3 Å². The molecule has 3 aromatic rings. The van der Waals surface area contributed by atoms with Crippen molar-refractivity contribution in [2.45, 2.75) is 12.3 Å². The van der Waals surface area contributed by atoms with Gasteiger partial charge in [-0.05, 0) is 30.3 Å². The van der Waals surface area contributed by atoms with E-state index in [0.717, 1.165) is 5.69 Å². The molecule has 2 amide bonds. The van der Waals surface area contributed by atoms with Gasteiger partial charge in [0.2, 0.25) is 11.8 Å². The maximum atomic E-state index is 12.3. The van der Waals surface area contributed by atoms with Gasteiger partial charge in [0.15, 0.2) is 0 Å². The van der Waals surface area contributed by atoms with E-state index in [1.165, 1.54) is 18.2 Å². The van der Waals surface area contributed by atoms with Gasteiger partial charge in [0.25, 0.3) is 5.91 Å². The lowest BCUT2D eigenvalue weighted by Crippen LogP contribution is -2.24. The third-order valence-corrected chi connectivity index (χ3v) is 4.76. The highest BCUT2D eigenvalue weighted by Crippen LogP contribution is 2.31. The zero-order valence-electron chi connectivity index (χ0n) is 14.4. The standard InChI is InChI=1S/C19H14Cl2N4O3/c20-13-6-11(7-14(21)9-13)17(27)22-19-24-23-18(28-19)12-8-16(26)25(10-12)15-4-2-1-3-5-15/h1-7,9,12H,8,10H2,(H,22,24,27). The Balaban J connectivity index is 1.46. The summed E-state index contributed by atoms with van der Waals surface area (Å²) in [6.07, 6.45) is 0.258. The van der Waals surface area contributed by atoms with Crippen molar-refractivity contribution in [3.8, 4) is 0 Å². The lowest BCUT2D eigenvalue weighted by Gasteiger charge is -2.15. The number of halogens is 2. The van der Waals surface area contributed by atoms with Crippen molar-refractivity contribution >= 4 is 46.7 Å². The second-order valence-corrected chi connectivity index (χ2v) is 7.17. The summed E-state index contributed by atoms with van der Waals surface area (Å²) >= 11 is 11.8. The van der Waals surface area contributed by atoms with E-state index in [0.29, 0.717) is 22.5 Å². The number of anilines is 2. The Morgan fingerprint density at radius 3 is 2.54 bits per heavy atom. The number of nitrogens with one attached hydrogen (secondary N) is 1. The minimum Gasteiger partial charge on any atom is -0.407 e. The highest BCUT2D eigenvalue weighted by molar-refractivity contribution is 6.35. The molecule has 0 aliphatic carbocycles. The number of benzene rings is 2. The van der Waals surface area contributed by atoms with Gasteiger partial charge >= 0.3 is 6.01 Å². The maximum Gasteiger partial charge on any atom is 0.322 e. The third-order valence-electron chi connectivity index (χ3n) is 4.33. The maximum absolute atomic E-state index is 12.3. The lowest BCUT2D eigenvalue weighted by atomic mass is 10.1. The molecular weight excluding hydrogens is 403 g/mol. The normalized spacial score (nSPS) is 16.4. The van der Waals surface area contributed by atoms with Crippen molar-refractivity contribution in [1.29, 1.82) is 0 Å². The van der Waals surface area contributed by atoms with Crippen molar-refractivity contribution in [3.63, 3.8) is 0 Å². The molecule has 0 radical (unpaired) electrons. The van der Waals surface area contributed by atoms with Gasteiger partial charge in [-0.3, -0.25) is 14.9 Å². The third kappa shape index (κ3) is 3.85. The molecule has 0 saturated carbocycles. The fourth-order valence-corrected chi connectivity index (χ4v) is 3.56. The van der Waals surface area contributed by atoms with Crippen LogP contribution in [0.1, 0.15) is 28.6 Å². The molecule has 1 aliphatic heterocycles. The summed E-state index contributed by atoms with van der Waals surface area (Å²) in [4.78, 5) is 26.3. The van der Waals surface area contributed by atoms with E-state index < -0.39 is 5.91 Å². The second-order valence-electron chi connectivity index (χ2n) is 6.30. The van der Waals surface area contributed by atoms with Crippen molar-refractivity contribution < 1.29 is 14.0 Å². The van der Waals surface area contributed by atoms with Crippen LogP contribution in [0.15, 0.2) is 52.9 Å². The van der Waals surface area contributed by atoms with E-state index in [1.54, 1.807) is 4.90 Å². The molecule has 1 saturated heterocycles. The molecule has 0 bridgehead atoms. The zero-order chi connectivity index (χ0) is 19.7. The summed E-state index contributed by atoms with van der Waals surface area (Å²) in [5.41, 5.74) is 1.09. The Hall–Kier alpha value is -2.90. The topological polar surface area (TPSA) is 88.3 Å². The number of nitrogens with zero attached hydrogens (tertiary/aromatic N) is 3. The molecule has 1 unspecified atom stereocenters. The molecule has 2 aromatic carbocycles. The number of carbonyl (C=O) groups excluding carboxylic acids is 2. The summed E-state index contributed by atoms with van der Waals surface area (Å²) in [6.45, 7) is 0.433. The van der Waals surface area contributed by atoms with Gasteiger partial charge in [0.05, 0.1) is 5.92 Å². The second kappa shape index (κ2) is 7.61. The smallest absolute Gasteiger partial charge is 0.322 e. The molecule has 4 rings (SSSR count). The fourth-order valence-electron chi connectivity index (χ4n) is 3.03. The Kier molecular flexibility index (Phi) is 5.02. The van der Waals surface area contributed by atoms with Crippen LogP contribution in [-0.4, -0.2) is 28.6 Å². The first kappa shape index (κ1) is 18.5. The van der Waals surface area contributed by atoms with Crippen LogP contribution in [0, 0.1) is 0 Å². The van der Waals surface area contributed by atoms with Crippen LogP contribution < -0.4 is 10.2 Å². The number of amides is 2. The number of carbonyl (C=O) groups is 2. The van der Waals surface area contributed by atoms with Gasteiger partial charge in [0, 0.05) is 34.3 Å². The molecule has 0 spiro atoms. The quantitative estimate of drug-likeness (QED) is 0.689. The van der Waals surface area contributed by atoms with E-state index in [9.17, 15) is 9.59 Å². The Bertz CT molecular complexity index is 1020. The van der Waals surface area contributed by atoms with Crippen molar-refractivity contribution in [3.05, 3.63) is 70.0 Å². The molecule has 2 heterocycles. The summed E-state index contributed by atoms with van der Waals surface area (Å²) in [5, 5.41) is 11.0. The first-order chi connectivity index (χ1) is 13.5. The molecule has 1 atom stereocenters. The molecule has 1 aliphatic rings. The Labute approximate surface area is 170 Å². The van der Waals surface area contributed by atoms with Crippen LogP contribution in [0.25, 0.3) is 0 Å². The van der Waals surface area contributed by atoms with Gasteiger partial charge < -0.3 is 9.32 Å². The van der Waals surface area contributed by atoms with Gasteiger partial charge in [-0.15, -0.1) is 5.10 Å². The van der Waals surface area contributed by atoms with Gasteiger partial charge in [0.1, 0.15) is 0 Å². The SMILES string of the molecule is O=C(Nc1nnc(C2CC(=O)N(c3ccccc3)C2)o1)c1cc(Cl)cc(Cl)c1. The molecule has 1 fully saturated rings. The highest BCUT2D eigenvalue weighted by Gasteiger charge is 2.35. The predicted molar refractivity (Wildman–Crippen MR) is 105 cm³/mol. The minimum absolute atomic E-state index is 0.0199. The van der Waals surface area contributed by atoms with Crippen LogP contribution in [0.5, 0.6) is 0 Å². The lowest BCUT2D eigenvalue weighted by molar-refractivity contribution is -0.117. The number of hydrogen-bond acceptors (Lipinski definition) is 5. The summed E-state index contributed by atoms with van der Waals surface area (Å²) in [6, 6.07) is 13.8. The largest absolute Gasteiger partial charge is 0.407 e. The molecule has 1 aromatic heterocycles. The summed E-state index contributed by atoms with van der Waals surface area (Å²) < 4.78 is 5.55. The van der Waals surface area contributed by atoms with Crippen LogP contribution in [0.3, 0.4) is 0 Å². The number of hydrogen-bond donors (Lipinski definition) is 1. The Morgan fingerprint density at radius 2 is 1.82 bits per heavy atom. The average Bonchev–Trinajstić information content (AvgIpc) is 3.28. The predicted octanol–water partition coefficient (Wildman–Crippen LogP) is 4.15. The van der Waals surface area contributed by atoms with Gasteiger partial charge in [-0.25, -0.2) is 0 Å². The Morgan fingerprint density at radius 1 is 1.11 bits per heavy atom. The first-order valence-corrected chi connectivity index (χ1v) is 9.21. The number of rotatable bonds is 4. The minimum atomic E-state index is -0.479. The van der Waals surface area contributed by atoms with E-state index in [2.05, 4.69) is 15.5 Å². The average molecular weight is 417 g/mol. The summed E-state index contributed by atoms with van der Waals surface area (Å²) in [7, 11) is 0. The zero-order valence-corrected chi connectivity index (χ0v) is 15.9. The highest BCUT2D eigenvalue weighted by atomic mass is 35.5. The van der Waals surface area contributed by atoms with Crippen LogP contribution in [0.2, 0.25) is 10.0 Å². The van der Waals surface area contributed by atoms with Crippen molar-refractivity contribution in [2.75, 3.05) is 16.8 Å². The van der Waals surface area contributed by atoms with E-state index in [-0.39, 0.29) is 29.8 Å². The monoisotopic (exact) mass is 416 g/mol. The molecule has 9 heteroatoms. The first-order valence-electron chi connectivity index (χ1n) is 8.46. The van der Waals surface area contributed by atoms with E-state index >= 15 is 0 Å². The number of aromatic nitrogens is 2. The molecular formula is C19H14Cl2N4O3. The fraction of sp³-hybridized carbons (Fsp3) is 0.158. The van der Waals surface area contributed by atoms with Gasteiger partial charge in [-0.1, -0.05) is 46.5 Å². The van der Waals surface area contributed by atoms with E-state index in [4.69, 9.17) is 27.6 Å². The van der Waals surface area contributed by atoms with Gasteiger partial charge in [-0.2, -0.15) is 0 Å². The van der Waals surface area contributed by atoms with Crippen LogP contribution in [0.4, 0.5) is 11.7 Å². The molecule has 7 nitrogen and oxygen atoms in total. The molecule has 142 valence electrons. The molecule has 28 heavy (non-hydrogen) atoms.